The Morgan fingerprint density at radius 2 is 1.79 bits per heavy atom. The van der Waals surface area contributed by atoms with Gasteiger partial charge < -0.3 is 15.1 Å². The van der Waals surface area contributed by atoms with E-state index in [-0.39, 0.29) is 13.2 Å². The summed E-state index contributed by atoms with van der Waals surface area (Å²) in [4.78, 5) is 3.63. The summed E-state index contributed by atoms with van der Waals surface area (Å²) in [5.74, 6) is 0. The van der Waals surface area contributed by atoms with Crippen LogP contribution >= 0.6 is 11.8 Å². The van der Waals surface area contributed by atoms with Crippen molar-refractivity contribution in [2.45, 2.75) is 24.2 Å². The molecular formula is C24H27N2O2S+. The van der Waals surface area contributed by atoms with Gasteiger partial charge in [0.05, 0.1) is 29.1 Å². The maximum Gasteiger partial charge on any atom is 0.213 e. The molecule has 1 aliphatic heterocycles. The van der Waals surface area contributed by atoms with Gasteiger partial charge in [-0.1, -0.05) is 36.0 Å². The summed E-state index contributed by atoms with van der Waals surface area (Å²) < 4.78 is 2.17. The molecule has 3 aromatic rings. The minimum Gasteiger partial charge on any atom is -0.396 e. The number of thioether (sulfide) groups is 1. The summed E-state index contributed by atoms with van der Waals surface area (Å²) in [6, 6.07) is 19.1. The van der Waals surface area contributed by atoms with Gasteiger partial charge in [0.15, 0.2) is 5.69 Å². The number of hydrogen-bond acceptors (Lipinski definition) is 4. The molecule has 1 aromatic heterocycles. The third kappa shape index (κ3) is 4.04. The van der Waals surface area contributed by atoms with Crippen LogP contribution in [0.1, 0.15) is 24.1 Å². The maximum atomic E-state index is 9.51. The highest BCUT2D eigenvalue weighted by molar-refractivity contribution is 8.03. The largest absolute Gasteiger partial charge is 0.396 e. The number of unbranched alkanes of at least 4 members (excludes halogenated alkanes) is 1. The molecule has 0 unspecified atom stereocenters. The Kier molecular flexibility index (Phi) is 6.19. The number of benzene rings is 2. The Bertz CT molecular complexity index is 1050. The smallest absolute Gasteiger partial charge is 0.213 e. The van der Waals surface area contributed by atoms with Crippen molar-refractivity contribution < 1.29 is 14.8 Å². The number of fused-ring (bicyclic) bond motifs is 2. The second-order valence-electron chi connectivity index (χ2n) is 7.28. The van der Waals surface area contributed by atoms with Gasteiger partial charge in [0, 0.05) is 30.2 Å². The average Bonchev–Trinajstić information content (AvgIpc) is 3.09. The van der Waals surface area contributed by atoms with Gasteiger partial charge in [-0.25, -0.2) is 0 Å². The lowest BCUT2D eigenvalue weighted by Gasteiger charge is -2.20. The van der Waals surface area contributed by atoms with E-state index < -0.39 is 0 Å². The normalized spacial score (nSPS) is 14.7. The zero-order valence-corrected chi connectivity index (χ0v) is 17.5. The zero-order valence-electron chi connectivity index (χ0n) is 16.7. The van der Waals surface area contributed by atoms with Crippen molar-refractivity contribution in [2.24, 2.45) is 7.05 Å². The fourth-order valence-corrected chi connectivity index (χ4v) is 5.04. The van der Waals surface area contributed by atoms with E-state index >= 15 is 0 Å². The van der Waals surface area contributed by atoms with Crippen LogP contribution in [0.25, 0.3) is 17.0 Å². The number of anilines is 1. The molecule has 2 heterocycles. The highest BCUT2D eigenvalue weighted by Gasteiger charge is 2.25. The molecule has 5 heteroatoms. The monoisotopic (exact) mass is 407 g/mol. The molecule has 0 bridgehead atoms. The number of pyridine rings is 1. The van der Waals surface area contributed by atoms with Crippen LogP contribution in [0.2, 0.25) is 0 Å². The highest BCUT2D eigenvalue weighted by atomic mass is 32.2. The van der Waals surface area contributed by atoms with Crippen molar-refractivity contribution in [2.75, 3.05) is 24.7 Å². The van der Waals surface area contributed by atoms with Gasteiger partial charge >= 0.3 is 0 Å². The fourth-order valence-electron chi connectivity index (χ4n) is 3.90. The van der Waals surface area contributed by atoms with Crippen molar-refractivity contribution in [3.63, 3.8) is 0 Å². The van der Waals surface area contributed by atoms with Crippen molar-refractivity contribution in [3.8, 4) is 0 Å². The van der Waals surface area contributed by atoms with E-state index in [0.717, 1.165) is 30.6 Å². The molecule has 4 nitrogen and oxygen atoms in total. The molecule has 150 valence electrons. The molecule has 0 atom stereocenters. The lowest BCUT2D eigenvalue weighted by atomic mass is 10.1. The Balaban J connectivity index is 1.80. The van der Waals surface area contributed by atoms with E-state index in [1.165, 1.54) is 26.6 Å². The SMILES string of the molecule is C[n+]1c(CCO)cc(/C=C2/Sc3ccccc3N2CCCCO)c2ccccc21. The number of para-hydroxylation sites is 2. The predicted octanol–water partition coefficient (Wildman–Crippen LogP) is 3.88. The summed E-state index contributed by atoms with van der Waals surface area (Å²) >= 11 is 1.80. The molecule has 0 saturated carbocycles. The average molecular weight is 408 g/mol. The Labute approximate surface area is 176 Å². The summed E-state index contributed by atoms with van der Waals surface area (Å²) in [7, 11) is 2.06. The second-order valence-corrected chi connectivity index (χ2v) is 8.34. The van der Waals surface area contributed by atoms with Crippen LogP contribution in [0.15, 0.2) is 64.5 Å². The van der Waals surface area contributed by atoms with Gasteiger partial charge in [0.25, 0.3) is 0 Å². The van der Waals surface area contributed by atoms with E-state index in [4.69, 9.17) is 0 Å². The first-order valence-electron chi connectivity index (χ1n) is 10.1. The van der Waals surface area contributed by atoms with Crippen LogP contribution in [0.5, 0.6) is 0 Å². The molecule has 0 aliphatic carbocycles. The lowest BCUT2D eigenvalue weighted by molar-refractivity contribution is -0.653. The Hall–Kier alpha value is -2.34. The molecule has 0 spiro atoms. The van der Waals surface area contributed by atoms with E-state index in [1.807, 2.05) is 0 Å². The first-order valence-corrected chi connectivity index (χ1v) is 10.9. The van der Waals surface area contributed by atoms with Gasteiger partial charge in [-0.2, -0.15) is 4.57 Å². The summed E-state index contributed by atoms with van der Waals surface area (Å²) in [6.45, 7) is 1.25. The van der Waals surface area contributed by atoms with Gasteiger partial charge in [-0.05, 0) is 42.7 Å². The number of aryl methyl sites for hydroxylation is 1. The summed E-state index contributed by atoms with van der Waals surface area (Å²) in [5, 5.41) is 21.1. The molecule has 0 radical (unpaired) electrons. The third-order valence-electron chi connectivity index (χ3n) is 5.40. The summed E-state index contributed by atoms with van der Waals surface area (Å²) in [6.07, 6.45) is 4.66. The van der Waals surface area contributed by atoms with Gasteiger partial charge in [0.2, 0.25) is 5.52 Å². The standard InChI is InChI=1S/C24H27N2O2S/c1-25-19(12-15-28)16-18(20-8-2-3-9-21(20)25)17-24-26(13-6-7-14-27)22-10-4-5-11-23(22)29-24/h2-5,8-11,16-17,27-28H,6-7,12-15H2,1H3/q+1. The van der Waals surface area contributed by atoms with Crippen molar-refractivity contribution in [1.82, 2.24) is 0 Å². The molecule has 0 fully saturated rings. The van der Waals surface area contributed by atoms with Gasteiger partial charge in [-0.3, -0.25) is 0 Å². The number of aliphatic hydroxyl groups excluding tert-OH is 2. The molecule has 2 N–H and O–H groups in total. The first kappa shape index (κ1) is 20.0. The number of hydrogen-bond donors (Lipinski definition) is 2. The van der Waals surface area contributed by atoms with E-state index in [9.17, 15) is 10.2 Å². The number of aromatic nitrogens is 1. The van der Waals surface area contributed by atoms with E-state index in [0.29, 0.717) is 6.42 Å². The number of rotatable bonds is 7. The number of aliphatic hydroxyl groups is 2. The van der Waals surface area contributed by atoms with Crippen LogP contribution in [-0.2, 0) is 13.5 Å². The van der Waals surface area contributed by atoms with Crippen molar-refractivity contribution in [3.05, 3.63) is 70.9 Å². The lowest BCUT2D eigenvalue weighted by Crippen LogP contribution is -2.35. The molecule has 1 aliphatic rings. The minimum atomic E-state index is 0.135. The molecule has 4 rings (SSSR count). The van der Waals surface area contributed by atoms with Gasteiger partial charge in [-0.15, -0.1) is 0 Å². The third-order valence-corrected chi connectivity index (χ3v) is 6.52. The quantitative estimate of drug-likeness (QED) is 0.461. The van der Waals surface area contributed by atoms with Crippen LogP contribution in [-0.4, -0.2) is 30.0 Å². The van der Waals surface area contributed by atoms with E-state index in [2.05, 4.69) is 77.2 Å². The molecule has 29 heavy (non-hydrogen) atoms. The zero-order chi connectivity index (χ0) is 20.2. The maximum absolute atomic E-state index is 9.51. The van der Waals surface area contributed by atoms with Crippen LogP contribution in [0, 0.1) is 0 Å². The first-order chi connectivity index (χ1) is 14.2. The van der Waals surface area contributed by atoms with Crippen LogP contribution in [0.4, 0.5) is 5.69 Å². The predicted molar refractivity (Wildman–Crippen MR) is 120 cm³/mol. The second kappa shape index (κ2) is 8.99. The Morgan fingerprint density at radius 3 is 2.62 bits per heavy atom. The van der Waals surface area contributed by atoms with E-state index in [1.54, 1.807) is 11.8 Å². The highest BCUT2D eigenvalue weighted by Crippen LogP contribution is 2.46. The molecule has 0 saturated heterocycles. The Morgan fingerprint density at radius 1 is 1.00 bits per heavy atom. The topological polar surface area (TPSA) is 47.6 Å². The molecule has 2 aromatic carbocycles. The molecule has 0 amide bonds. The van der Waals surface area contributed by atoms with Crippen LogP contribution < -0.4 is 9.47 Å². The number of nitrogens with zero attached hydrogens (tertiary/aromatic N) is 2. The summed E-state index contributed by atoms with van der Waals surface area (Å²) in [5.41, 5.74) is 4.69. The van der Waals surface area contributed by atoms with Crippen molar-refractivity contribution >= 4 is 34.4 Å². The minimum absolute atomic E-state index is 0.135. The van der Waals surface area contributed by atoms with Gasteiger partial charge in [0.1, 0.15) is 7.05 Å². The fraction of sp³-hybridized carbons (Fsp3) is 0.292. The molecular weight excluding hydrogens is 380 g/mol. The van der Waals surface area contributed by atoms with Crippen LogP contribution in [0.3, 0.4) is 0 Å². The van der Waals surface area contributed by atoms with Crippen molar-refractivity contribution in [1.29, 1.82) is 0 Å².